The van der Waals surface area contributed by atoms with Gasteiger partial charge in [-0.1, -0.05) is 15.9 Å². The molecule has 0 spiro atoms. The number of ether oxygens (including phenoxy) is 2. The molecule has 0 aliphatic heterocycles. The minimum absolute atomic E-state index is 0.0902. The molecule has 0 unspecified atom stereocenters. The summed E-state index contributed by atoms with van der Waals surface area (Å²) in [6.07, 6.45) is -0.795. The molecular weight excluding hydrogens is 362 g/mol. The van der Waals surface area contributed by atoms with Gasteiger partial charge in [0.25, 0.3) is 5.91 Å². The first-order chi connectivity index (χ1) is 11.1. The Hall–Kier alpha value is -2.05. The standard InChI is InChI=1S/C17H18BrNO4/c1-22-15-6-8-16(9-7-15)23-11-14(20)10-19-17(21)12-2-4-13(18)5-3-12/h2-9,14,20H,10-11H2,1H3,(H,19,21)/t14-/m0/s1. The first kappa shape index (κ1) is 17.3. The predicted octanol–water partition coefficient (Wildman–Crippen LogP) is 2.63. The second-order valence-electron chi connectivity index (χ2n) is 4.86. The molecule has 0 aliphatic carbocycles. The highest BCUT2D eigenvalue weighted by Crippen LogP contribution is 2.17. The lowest BCUT2D eigenvalue weighted by molar-refractivity contribution is 0.0843. The Morgan fingerprint density at radius 1 is 1.13 bits per heavy atom. The predicted molar refractivity (Wildman–Crippen MR) is 91.0 cm³/mol. The Morgan fingerprint density at radius 2 is 1.74 bits per heavy atom. The number of aliphatic hydroxyl groups excluding tert-OH is 1. The van der Waals surface area contributed by atoms with E-state index in [1.54, 1.807) is 55.6 Å². The average Bonchev–Trinajstić information content (AvgIpc) is 2.59. The van der Waals surface area contributed by atoms with Gasteiger partial charge >= 0.3 is 0 Å². The number of methoxy groups -OCH3 is 1. The molecule has 6 heteroatoms. The molecule has 1 amide bonds. The van der Waals surface area contributed by atoms with Crippen LogP contribution >= 0.6 is 15.9 Å². The molecule has 0 saturated carbocycles. The molecule has 0 bridgehead atoms. The van der Waals surface area contributed by atoms with Gasteiger partial charge in [0.2, 0.25) is 0 Å². The van der Waals surface area contributed by atoms with Gasteiger partial charge in [0, 0.05) is 16.6 Å². The number of halogens is 1. The zero-order valence-electron chi connectivity index (χ0n) is 12.7. The third-order valence-corrected chi connectivity index (χ3v) is 3.64. The van der Waals surface area contributed by atoms with Gasteiger partial charge in [-0.15, -0.1) is 0 Å². The molecule has 2 N–H and O–H groups in total. The lowest BCUT2D eigenvalue weighted by Crippen LogP contribution is -2.35. The van der Waals surface area contributed by atoms with Crippen LogP contribution in [0.2, 0.25) is 0 Å². The van der Waals surface area contributed by atoms with Gasteiger partial charge in [-0.05, 0) is 48.5 Å². The third-order valence-electron chi connectivity index (χ3n) is 3.11. The average molecular weight is 380 g/mol. The molecule has 0 radical (unpaired) electrons. The maximum Gasteiger partial charge on any atom is 0.251 e. The van der Waals surface area contributed by atoms with Crippen LogP contribution in [0.25, 0.3) is 0 Å². The highest BCUT2D eigenvalue weighted by molar-refractivity contribution is 9.10. The summed E-state index contributed by atoms with van der Waals surface area (Å²) in [4.78, 5) is 11.9. The van der Waals surface area contributed by atoms with E-state index in [2.05, 4.69) is 21.2 Å². The third kappa shape index (κ3) is 5.58. The summed E-state index contributed by atoms with van der Waals surface area (Å²) < 4.78 is 11.4. The SMILES string of the molecule is COc1ccc(OC[C@@H](O)CNC(=O)c2ccc(Br)cc2)cc1. The summed E-state index contributed by atoms with van der Waals surface area (Å²) in [7, 11) is 1.59. The van der Waals surface area contributed by atoms with Crippen LogP contribution in [0.3, 0.4) is 0 Å². The molecule has 2 aromatic rings. The number of hydrogen-bond donors (Lipinski definition) is 2. The van der Waals surface area contributed by atoms with E-state index in [9.17, 15) is 9.90 Å². The fourth-order valence-corrected chi connectivity index (χ4v) is 2.10. The van der Waals surface area contributed by atoms with Gasteiger partial charge in [-0.25, -0.2) is 0 Å². The second kappa shape index (κ2) is 8.55. The van der Waals surface area contributed by atoms with Gasteiger partial charge in [-0.3, -0.25) is 4.79 Å². The lowest BCUT2D eigenvalue weighted by Gasteiger charge is -2.13. The molecule has 122 valence electrons. The van der Waals surface area contributed by atoms with Crippen LogP contribution in [0.4, 0.5) is 0 Å². The van der Waals surface area contributed by atoms with Crippen LogP contribution in [0.1, 0.15) is 10.4 Å². The summed E-state index contributed by atoms with van der Waals surface area (Å²) >= 11 is 3.31. The van der Waals surface area contributed by atoms with Crippen molar-refractivity contribution in [2.75, 3.05) is 20.3 Å². The Balaban J connectivity index is 1.74. The highest BCUT2D eigenvalue weighted by atomic mass is 79.9. The van der Waals surface area contributed by atoms with E-state index in [1.807, 2.05) is 0 Å². The minimum Gasteiger partial charge on any atom is -0.497 e. The first-order valence-corrected chi connectivity index (χ1v) is 7.86. The summed E-state index contributed by atoms with van der Waals surface area (Å²) in [6, 6.07) is 14.1. The first-order valence-electron chi connectivity index (χ1n) is 7.07. The molecule has 5 nitrogen and oxygen atoms in total. The Labute approximate surface area is 143 Å². The van der Waals surface area contributed by atoms with Crippen LogP contribution in [0.5, 0.6) is 11.5 Å². The van der Waals surface area contributed by atoms with Crippen molar-refractivity contribution >= 4 is 21.8 Å². The van der Waals surface area contributed by atoms with Gasteiger partial charge in [0.15, 0.2) is 0 Å². The van der Waals surface area contributed by atoms with Gasteiger partial charge in [0.05, 0.1) is 7.11 Å². The smallest absolute Gasteiger partial charge is 0.251 e. The van der Waals surface area contributed by atoms with E-state index in [-0.39, 0.29) is 19.1 Å². The van der Waals surface area contributed by atoms with Crippen molar-refractivity contribution in [2.45, 2.75) is 6.10 Å². The molecule has 2 rings (SSSR count). The number of nitrogens with one attached hydrogen (secondary N) is 1. The normalized spacial score (nSPS) is 11.6. The minimum atomic E-state index is -0.795. The molecule has 0 aromatic heterocycles. The van der Waals surface area contributed by atoms with E-state index in [4.69, 9.17) is 9.47 Å². The van der Waals surface area contributed by atoms with Crippen molar-refractivity contribution < 1.29 is 19.4 Å². The summed E-state index contributed by atoms with van der Waals surface area (Å²) in [6.45, 7) is 0.206. The van der Waals surface area contributed by atoms with Gasteiger partial charge in [-0.2, -0.15) is 0 Å². The summed E-state index contributed by atoms with van der Waals surface area (Å²) in [5.74, 6) is 1.13. The maximum absolute atomic E-state index is 11.9. The maximum atomic E-state index is 11.9. The summed E-state index contributed by atoms with van der Waals surface area (Å²) in [5, 5.41) is 12.5. The molecular formula is C17H18BrNO4. The Morgan fingerprint density at radius 3 is 2.35 bits per heavy atom. The topological polar surface area (TPSA) is 67.8 Å². The van der Waals surface area contributed by atoms with Crippen molar-refractivity contribution in [1.29, 1.82) is 0 Å². The number of carbonyl (C=O) groups is 1. The van der Waals surface area contributed by atoms with E-state index < -0.39 is 6.10 Å². The lowest BCUT2D eigenvalue weighted by atomic mass is 10.2. The van der Waals surface area contributed by atoms with Crippen molar-refractivity contribution in [3.05, 3.63) is 58.6 Å². The second-order valence-corrected chi connectivity index (χ2v) is 5.77. The zero-order valence-corrected chi connectivity index (χ0v) is 14.2. The van der Waals surface area contributed by atoms with Crippen molar-refractivity contribution in [2.24, 2.45) is 0 Å². The fraction of sp³-hybridized carbons (Fsp3) is 0.235. The largest absolute Gasteiger partial charge is 0.497 e. The van der Waals surface area contributed by atoms with Crippen molar-refractivity contribution in [3.63, 3.8) is 0 Å². The molecule has 0 fully saturated rings. The van der Waals surface area contributed by atoms with E-state index in [1.165, 1.54) is 0 Å². The van der Waals surface area contributed by atoms with E-state index in [0.717, 1.165) is 10.2 Å². The van der Waals surface area contributed by atoms with Crippen molar-refractivity contribution in [1.82, 2.24) is 5.32 Å². The van der Waals surface area contributed by atoms with Gasteiger partial charge < -0.3 is 19.9 Å². The van der Waals surface area contributed by atoms with Gasteiger partial charge in [0.1, 0.15) is 24.2 Å². The van der Waals surface area contributed by atoms with E-state index in [0.29, 0.717) is 11.3 Å². The molecule has 0 aliphatic rings. The number of benzene rings is 2. The van der Waals surface area contributed by atoms with Crippen LogP contribution in [-0.4, -0.2) is 37.4 Å². The van der Waals surface area contributed by atoms with Crippen LogP contribution in [0.15, 0.2) is 53.0 Å². The number of hydrogen-bond acceptors (Lipinski definition) is 4. The molecule has 23 heavy (non-hydrogen) atoms. The number of aliphatic hydroxyl groups is 1. The summed E-state index contributed by atoms with van der Waals surface area (Å²) in [5.41, 5.74) is 0.538. The van der Waals surface area contributed by atoms with Crippen molar-refractivity contribution in [3.8, 4) is 11.5 Å². The van der Waals surface area contributed by atoms with Crippen LogP contribution in [0, 0.1) is 0 Å². The fourth-order valence-electron chi connectivity index (χ4n) is 1.84. The molecule has 0 saturated heterocycles. The molecule has 0 heterocycles. The zero-order chi connectivity index (χ0) is 16.7. The Kier molecular flexibility index (Phi) is 6.43. The molecule has 1 atom stereocenters. The monoisotopic (exact) mass is 379 g/mol. The van der Waals surface area contributed by atoms with Crippen LogP contribution < -0.4 is 14.8 Å². The van der Waals surface area contributed by atoms with Crippen LogP contribution in [-0.2, 0) is 0 Å². The molecule has 2 aromatic carbocycles. The number of amides is 1. The quantitative estimate of drug-likeness (QED) is 0.775. The Bertz CT molecular complexity index is 628. The van der Waals surface area contributed by atoms with E-state index >= 15 is 0 Å². The number of rotatable bonds is 7. The highest BCUT2D eigenvalue weighted by Gasteiger charge is 2.10. The number of carbonyl (C=O) groups excluding carboxylic acids is 1.